The maximum atomic E-state index is 11.4. The van der Waals surface area contributed by atoms with Crippen LogP contribution in [0.5, 0.6) is 0 Å². The first-order chi connectivity index (χ1) is 8.17. The second-order valence-electron chi connectivity index (χ2n) is 3.88. The van der Waals surface area contributed by atoms with Gasteiger partial charge in [-0.05, 0) is 18.9 Å². The number of hydrogen-bond acceptors (Lipinski definition) is 3. The third kappa shape index (κ3) is 4.44. The van der Waals surface area contributed by atoms with E-state index in [2.05, 4.69) is 5.32 Å². The van der Waals surface area contributed by atoms with Crippen LogP contribution >= 0.6 is 0 Å². The summed E-state index contributed by atoms with van der Waals surface area (Å²) < 4.78 is 4.77. The van der Waals surface area contributed by atoms with Crippen molar-refractivity contribution in [2.75, 3.05) is 13.2 Å². The summed E-state index contributed by atoms with van der Waals surface area (Å²) in [7, 11) is 0. The fraction of sp³-hybridized carbons (Fsp3) is 0.462. The lowest BCUT2D eigenvalue weighted by Gasteiger charge is -2.17. The number of aliphatic hydroxyl groups is 1. The van der Waals surface area contributed by atoms with Crippen LogP contribution in [0.25, 0.3) is 0 Å². The number of aryl methyl sites for hydroxylation is 1. The molecule has 0 aliphatic carbocycles. The fourth-order valence-corrected chi connectivity index (χ4v) is 1.54. The van der Waals surface area contributed by atoms with Gasteiger partial charge in [-0.3, -0.25) is 0 Å². The van der Waals surface area contributed by atoms with Gasteiger partial charge in [-0.25, -0.2) is 4.79 Å². The van der Waals surface area contributed by atoms with Gasteiger partial charge in [0.2, 0.25) is 0 Å². The molecule has 0 saturated carbocycles. The number of benzene rings is 1. The molecule has 1 aromatic carbocycles. The van der Waals surface area contributed by atoms with E-state index in [0.29, 0.717) is 0 Å². The molecule has 94 valence electrons. The van der Waals surface area contributed by atoms with Crippen LogP contribution in [-0.2, 0) is 4.74 Å². The Bertz CT molecular complexity index is 348. The highest BCUT2D eigenvalue weighted by atomic mass is 16.6. The summed E-state index contributed by atoms with van der Waals surface area (Å²) in [4.78, 5) is 11.4. The predicted octanol–water partition coefficient (Wildman–Crippen LogP) is 2.16. The third-order valence-electron chi connectivity index (χ3n) is 2.50. The molecule has 0 aliphatic heterocycles. The molecule has 0 fully saturated rings. The highest BCUT2D eigenvalue weighted by Gasteiger charge is 2.12. The van der Waals surface area contributed by atoms with Crippen LogP contribution in [0.15, 0.2) is 24.3 Å². The summed E-state index contributed by atoms with van der Waals surface area (Å²) in [6.07, 6.45) is 0.295. The molecule has 1 rings (SSSR count). The zero-order chi connectivity index (χ0) is 12.7. The topological polar surface area (TPSA) is 58.6 Å². The lowest BCUT2D eigenvalue weighted by atomic mass is 10.0. The van der Waals surface area contributed by atoms with Gasteiger partial charge in [0.1, 0.15) is 6.61 Å². The Labute approximate surface area is 102 Å². The van der Waals surface area contributed by atoms with Gasteiger partial charge in [0, 0.05) is 0 Å². The van der Waals surface area contributed by atoms with Crippen molar-refractivity contribution in [1.82, 2.24) is 5.32 Å². The molecule has 0 bridgehead atoms. The Morgan fingerprint density at radius 1 is 1.41 bits per heavy atom. The quantitative estimate of drug-likeness (QED) is 0.825. The fourth-order valence-electron chi connectivity index (χ4n) is 1.54. The summed E-state index contributed by atoms with van der Waals surface area (Å²) in [5.41, 5.74) is 2.24. The van der Waals surface area contributed by atoms with E-state index < -0.39 is 6.09 Å². The van der Waals surface area contributed by atoms with E-state index >= 15 is 0 Å². The summed E-state index contributed by atoms with van der Waals surface area (Å²) >= 11 is 0. The molecule has 0 heterocycles. The molecule has 4 heteroatoms. The van der Waals surface area contributed by atoms with Gasteiger partial charge >= 0.3 is 6.09 Å². The highest BCUT2D eigenvalue weighted by molar-refractivity contribution is 5.67. The number of alkyl carbamates (subject to hydrolysis) is 1. The first-order valence-corrected chi connectivity index (χ1v) is 5.78. The molecule has 1 atom stereocenters. The molecule has 1 aromatic rings. The molecule has 1 amide bonds. The predicted molar refractivity (Wildman–Crippen MR) is 65.8 cm³/mol. The molecule has 17 heavy (non-hydrogen) atoms. The van der Waals surface area contributed by atoms with Crippen LogP contribution in [0.2, 0.25) is 0 Å². The van der Waals surface area contributed by atoms with Crippen molar-refractivity contribution in [3.63, 3.8) is 0 Å². The number of carbonyl (C=O) groups is 1. The molecule has 0 spiro atoms. The monoisotopic (exact) mass is 237 g/mol. The molecule has 0 aliphatic rings. The van der Waals surface area contributed by atoms with Gasteiger partial charge in [0.25, 0.3) is 0 Å². The smallest absolute Gasteiger partial charge is 0.407 e. The van der Waals surface area contributed by atoms with E-state index in [0.717, 1.165) is 12.0 Å². The number of rotatable bonds is 5. The van der Waals surface area contributed by atoms with Crippen LogP contribution < -0.4 is 5.32 Å². The lowest BCUT2D eigenvalue weighted by molar-refractivity contribution is 0.116. The minimum absolute atomic E-state index is 0.0240. The summed E-state index contributed by atoms with van der Waals surface area (Å²) in [6.45, 7) is 3.88. The van der Waals surface area contributed by atoms with Crippen molar-refractivity contribution in [3.8, 4) is 0 Å². The standard InChI is InChI=1S/C13H19NO3/c1-3-12(14-13(16)17-9-8-15)11-6-4-10(2)5-7-11/h4-7,12,15H,3,8-9H2,1-2H3,(H,14,16). The minimum atomic E-state index is -0.494. The van der Waals surface area contributed by atoms with Crippen LogP contribution in [-0.4, -0.2) is 24.4 Å². The van der Waals surface area contributed by atoms with Crippen molar-refractivity contribution in [3.05, 3.63) is 35.4 Å². The second kappa shape index (κ2) is 6.91. The van der Waals surface area contributed by atoms with Gasteiger partial charge < -0.3 is 15.2 Å². The number of nitrogens with one attached hydrogen (secondary N) is 1. The zero-order valence-electron chi connectivity index (χ0n) is 10.3. The largest absolute Gasteiger partial charge is 0.447 e. The van der Waals surface area contributed by atoms with Crippen molar-refractivity contribution < 1.29 is 14.6 Å². The van der Waals surface area contributed by atoms with E-state index in [4.69, 9.17) is 9.84 Å². The maximum absolute atomic E-state index is 11.4. The molecule has 4 nitrogen and oxygen atoms in total. The minimum Gasteiger partial charge on any atom is -0.447 e. The molecule has 1 unspecified atom stereocenters. The molecule has 0 aromatic heterocycles. The van der Waals surface area contributed by atoms with Gasteiger partial charge in [-0.2, -0.15) is 0 Å². The average Bonchev–Trinajstić information content (AvgIpc) is 2.34. The van der Waals surface area contributed by atoms with Crippen molar-refractivity contribution >= 4 is 6.09 Å². The Morgan fingerprint density at radius 2 is 2.06 bits per heavy atom. The second-order valence-corrected chi connectivity index (χ2v) is 3.88. The van der Waals surface area contributed by atoms with Gasteiger partial charge in [-0.1, -0.05) is 36.8 Å². The lowest BCUT2D eigenvalue weighted by Crippen LogP contribution is -2.29. The van der Waals surface area contributed by atoms with Gasteiger partial charge in [0.05, 0.1) is 12.6 Å². The Balaban J connectivity index is 2.59. The molecule has 2 N–H and O–H groups in total. The van der Waals surface area contributed by atoms with Crippen LogP contribution in [0.1, 0.15) is 30.5 Å². The molecule has 0 radical (unpaired) electrons. The number of amides is 1. The summed E-state index contributed by atoms with van der Waals surface area (Å²) in [6, 6.07) is 7.96. The SMILES string of the molecule is CCC(NC(=O)OCCO)c1ccc(C)cc1. The number of carbonyl (C=O) groups excluding carboxylic acids is 1. The Morgan fingerprint density at radius 3 is 2.59 bits per heavy atom. The summed E-state index contributed by atoms with van der Waals surface area (Å²) in [5.74, 6) is 0. The average molecular weight is 237 g/mol. The van der Waals surface area contributed by atoms with Crippen LogP contribution in [0, 0.1) is 6.92 Å². The van der Waals surface area contributed by atoms with E-state index in [1.807, 2.05) is 38.1 Å². The number of aliphatic hydroxyl groups excluding tert-OH is 1. The molecular weight excluding hydrogens is 218 g/mol. The van der Waals surface area contributed by atoms with Gasteiger partial charge in [0.15, 0.2) is 0 Å². The maximum Gasteiger partial charge on any atom is 0.407 e. The number of ether oxygens (including phenoxy) is 1. The first kappa shape index (κ1) is 13.5. The normalized spacial score (nSPS) is 11.9. The number of hydrogen-bond donors (Lipinski definition) is 2. The zero-order valence-corrected chi connectivity index (χ0v) is 10.3. The van der Waals surface area contributed by atoms with Crippen LogP contribution in [0.3, 0.4) is 0 Å². The van der Waals surface area contributed by atoms with Crippen LogP contribution in [0.4, 0.5) is 4.79 Å². The van der Waals surface area contributed by atoms with E-state index in [9.17, 15) is 4.79 Å². The van der Waals surface area contributed by atoms with Crippen molar-refractivity contribution in [2.45, 2.75) is 26.3 Å². The van der Waals surface area contributed by atoms with E-state index in [1.165, 1.54) is 5.56 Å². The van der Waals surface area contributed by atoms with Crippen molar-refractivity contribution in [2.24, 2.45) is 0 Å². The molecule has 0 saturated heterocycles. The van der Waals surface area contributed by atoms with E-state index in [1.54, 1.807) is 0 Å². The van der Waals surface area contributed by atoms with E-state index in [-0.39, 0.29) is 19.3 Å². The molecular formula is C13H19NO3. The first-order valence-electron chi connectivity index (χ1n) is 5.78. The van der Waals surface area contributed by atoms with Crippen molar-refractivity contribution in [1.29, 1.82) is 0 Å². The highest BCUT2D eigenvalue weighted by Crippen LogP contribution is 2.17. The summed E-state index contributed by atoms with van der Waals surface area (Å²) in [5, 5.41) is 11.3. The Kier molecular flexibility index (Phi) is 5.49. The third-order valence-corrected chi connectivity index (χ3v) is 2.50. The Hall–Kier alpha value is -1.55. The van der Waals surface area contributed by atoms with Gasteiger partial charge in [-0.15, -0.1) is 0 Å².